The molecular weight excluding hydrogens is 630 g/mol. The van der Waals surface area contributed by atoms with Crippen molar-refractivity contribution in [3.8, 4) is 57.7 Å². The predicted octanol–water partition coefficient (Wildman–Crippen LogP) is 9.19. The van der Waals surface area contributed by atoms with Crippen molar-refractivity contribution >= 4 is 5.57 Å². The fraction of sp³-hybridized carbons (Fsp3) is 0.0625. The highest BCUT2D eigenvalue weighted by molar-refractivity contribution is 6.07. The van der Waals surface area contributed by atoms with Crippen molar-refractivity contribution in [2.45, 2.75) is 12.4 Å². The number of hydrogen-bond donors (Lipinski definition) is 0. The minimum absolute atomic E-state index is 0.00121. The zero-order valence-corrected chi connectivity index (χ0v) is 22.2. The molecule has 226 valence electrons. The van der Waals surface area contributed by atoms with Gasteiger partial charge >= 0.3 is 12.4 Å². The molecule has 0 saturated heterocycles. The van der Waals surface area contributed by atoms with Crippen molar-refractivity contribution in [2.24, 2.45) is 0 Å². The molecule has 0 atom stereocenters. The number of nitriles is 4. The summed E-state index contributed by atoms with van der Waals surface area (Å²) in [5, 5.41) is 39.0. The van der Waals surface area contributed by atoms with E-state index >= 15 is 0 Å². The molecule has 0 aliphatic heterocycles. The summed E-state index contributed by atoms with van der Waals surface area (Å²) < 4.78 is 137. The summed E-state index contributed by atoms with van der Waals surface area (Å²) in [6.07, 6.45) is -10.8. The molecule has 0 radical (unpaired) electrons. The lowest BCUT2D eigenvalue weighted by Gasteiger charge is -2.14. The van der Waals surface area contributed by atoms with Gasteiger partial charge in [-0.3, -0.25) is 0 Å². The van der Waals surface area contributed by atoms with Gasteiger partial charge in [0.05, 0.1) is 23.3 Å². The Morgan fingerprint density at radius 2 is 0.783 bits per heavy atom. The van der Waals surface area contributed by atoms with E-state index in [-0.39, 0.29) is 50.1 Å². The van der Waals surface area contributed by atoms with E-state index in [9.17, 15) is 65.0 Å². The molecule has 14 heteroatoms. The van der Waals surface area contributed by atoms with Gasteiger partial charge in [0.2, 0.25) is 0 Å². The highest BCUT2D eigenvalue weighted by atomic mass is 19.4. The van der Waals surface area contributed by atoms with Gasteiger partial charge in [0, 0.05) is 16.7 Å². The number of fused-ring (bicyclic) bond motifs is 3. The van der Waals surface area contributed by atoms with Gasteiger partial charge in [-0.05, 0) is 81.9 Å². The highest BCUT2D eigenvalue weighted by Gasteiger charge is 2.39. The van der Waals surface area contributed by atoms with E-state index < -0.39 is 63.4 Å². The van der Waals surface area contributed by atoms with E-state index in [1.165, 1.54) is 0 Å². The molecule has 4 aromatic rings. The smallest absolute Gasteiger partial charge is 0.206 e. The van der Waals surface area contributed by atoms with Crippen molar-refractivity contribution in [3.63, 3.8) is 0 Å². The Labute approximate surface area is 251 Å². The fourth-order valence-electron chi connectivity index (χ4n) is 5.27. The monoisotopic (exact) mass is 638 g/mol. The molecule has 0 amide bonds. The number of nitrogens with zero attached hydrogens (tertiary/aromatic N) is 4. The number of allylic oxidation sites excluding steroid dienone is 1. The van der Waals surface area contributed by atoms with Crippen molar-refractivity contribution in [1.29, 1.82) is 21.0 Å². The summed E-state index contributed by atoms with van der Waals surface area (Å²) in [5.41, 5.74) is -7.36. The summed E-state index contributed by atoms with van der Waals surface area (Å²) in [6.45, 7) is 0. The van der Waals surface area contributed by atoms with E-state index in [1.807, 2.05) is 0 Å². The van der Waals surface area contributed by atoms with Gasteiger partial charge in [0.15, 0.2) is 0 Å². The molecule has 46 heavy (non-hydrogen) atoms. The lowest BCUT2D eigenvalue weighted by atomic mass is 9.91. The van der Waals surface area contributed by atoms with Gasteiger partial charge in [-0.25, -0.2) is 17.6 Å². The number of halogens is 10. The molecular formula is C32H8F10N4. The van der Waals surface area contributed by atoms with Gasteiger partial charge < -0.3 is 0 Å². The Bertz CT molecular complexity index is 2020. The predicted molar refractivity (Wildman–Crippen MR) is 139 cm³/mol. The van der Waals surface area contributed by atoms with Crippen LogP contribution in [0.4, 0.5) is 43.9 Å². The molecule has 0 saturated carbocycles. The van der Waals surface area contributed by atoms with Crippen LogP contribution < -0.4 is 0 Å². The van der Waals surface area contributed by atoms with Gasteiger partial charge in [0.1, 0.15) is 52.1 Å². The average Bonchev–Trinajstić information content (AvgIpc) is 3.26. The third-order valence-electron chi connectivity index (χ3n) is 7.13. The van der Waals surface area contributed by atoms with Crippen molar-refractivity contribution in [3.05, 3.63) is 111 Å². The molecule has 0 heterocycles. The minimum atomic E-state index is -5.39. The third-order valence-corrected chi connectivity index (χ3v) is 7.13. The first-order valence-corrected chi connectivity index (χ1v) is 12.4. The standard InChI is InChI=1S/C32H8F10N4/c33-24-3-13(4-25(34)29(24)31(37,38)39)18-7-20-21-8-19(14-5-26(35)30(27(36)6-14)32(40,41)42)16(10-44)2-23(21)28(17(11-45)12-46)22(20)1-15(18)9-43/h1-8H. The van der Waals surface area contributed by atoms with Crippen molar-refractivity contribution in [1.82, 2.24) is 0 Å². The van der Waals surface area contributed by atoms with E-state index in [1.54, 1.807) is 24.3 Å². The Morgan fingerprint density at radius 1 is 0.457 bits per heavy atom. The molecule has 1 aliphatic rings. The van der Waals surface area contributed by atoms with E-state index in [0.29, 0.717) is 24.3 Å². The molecule has 0 spiro atoms. The maximum Gasteiger partial charge on any atom is 0.422 e. The summed E-state index contributed by atoms with van der Waals surface area (Å²) in [7, 11) is 0. The van der Waals surface area contributed by atoms with E-state index in [2.05, 4.69) is 0 Å². The Hall–Kier alpha value is -6.12. The zero-order valence-electron chi connectivity index (χ0n) is 22.2. The van der Waals surface area contributed by atoms with Crippen LogP contribution in [0.15, 0.2) is 54.1 Å². The third kappa shape index (κ3) is 4.96. The average molecular weight is 638 g/mol. The number of rotatable bonds is 2. The van der Waals surface area contributed by atoms with Crippen LogP contribution in [-0.2, 0) is 12.4 Å². The second kappa shape index (κ2) is 10.8. The van der Waals surface area contributed by atoms with Gasteiger partial charge in [0.25, 0.3) is 0 Å². The maximum atomic E-state index is 14.5. The van der Waals surface area contributed by atoms with Crippen LogP contribution >= 0.6 is 0 Å². The normalized spacial score (nSPS) is 12.0. The highest BCUT2D eigenvalue weighted by Crippen LogP contribution is 2.50. The van der Waals surface area contributed by atoms with Crippen molar-refractivity contribution in [2.75, 3.05) is 0 Å². The van der Waals surface area contributed by atoms with E-state index in [0.717, 1.165) is 24.3 Å². The van der Waals surface area contributed by atoms with Gasteiger partial charge in [-0.2, -0.15) is 47.4 Å². The molecule has 0 bridgehead atoms. The van der Waals surface area contributed by atoms with Crippen LogP contribution in [0.1, 0.15) is 33.4 Å². The topological polar surface area (TPSA) is 95.2 Å². The number of alkyl halides is 6. The first-order valence-electron chi connectivity index (χ1n) is 12.4. The molecule has 4 aromatic carbocycles. The molecule has 5 rings (SSSR count). The molecule has 1 aliphatic carbocycles. The van der Waals surface area contributed by atoms with Crippen LogP contribution in [0.5, 0.6) is 0 Å². The molecule has 0 aromatic heterocycles. The van der Waals surface area contributed by atoms with Gasteiger partial charge in [-0.15, -0.1) is 0 Å². The Morgan fingerprint density at radius 3 is 1.04 bits per heavy atom. The Kier molecular flexibility index (Phi) is 7.35. The van der Waals surface area contributed by atoms with Crippen LogP contribution in [0, 0.1) is 68.6 Å². The van der Waals surface area contributed by atoms with Crippen molar-refractivity contribution < 1.29 is 43.9 Å². The SMILES string of the molecule is N#CC(C#N)=C1c2cc(C#N)c(-c3cc(F)c(C(F)(F)F)c(F)c3)cc2-c2cc(-c3cc(F)c(C(F)(F)F)c(F)c3)c(C#N)cc21. The summed E-state index contributed by atoms with van der Waals surface area (Å²) in [4.78, 5) is 0. The quantitative estimate of drug-likeness (QED) is 0.142. The Balaban J connectivity index is 1.85. The van der Waals surface area contributed by atoms with Crippen LogP contribution in [0.3, 0.4) is 0 Å². The largest absolute Gasteiger partial charge is 0.422 e. The summed E-state index contributed by atoms with van der Waals surface area (Å²) >= 11 is 0. The summed E-state index contributed by atoms with van der Waals surface area (Å²) in [5.74, 6) is -7.96. The number of benzene rings is 4. The lowest BCUT2D eigenvalue weighted by Crippen LogP contribution is -2.11. The van der Waals surface area contributed by atoms with Gasteiger partial charge in [-0.1, -0.05) is 0 Å². The molecule has 0 fully saturated rings. The molecule has 4 nitrogen and oxygen atoms in total. The molecule has 0 N–H and O–H groups in total. The molecule has 0 unspecified atom stereocenters. The van der Waals surface area contributed by atoms with Crippen LogP contribution in [0.25, 0.3) is 39.0 Å². The maximum absolute atomic E-state index is 14.5. The lowest BCUT2D eigenvalue weighted by molar-refractivity contribution is -0.143. The first-order chi connectivity index (χ1) is 21.5. The minimum Gasteiger partial charge on any atom is -0.206 e. The zero-order chi connectivity index (χ0) is 33.9. The second-order valence-electron chi connectivity index (χ2n) is 9.71. The van der Waals surface area contributed by atoms with E-state index in [4.69, 9.17) is 0 Å². The van der Waals surface area contributed by atoms with Crippen LogP contribution in [-0.4, -0.2) is 0 Å². The fourth-order valence-corrected chi connectivity index (χ4v) is 5.27. The second-order valence-corrected chi connectivity index (χ2v) is 9.71. The number of hydrogen-bond acceptors (Lipinski definition) is 4. The first kappa shape index (κ1) is 31.3. The van der Waals surface area contributed by atoms with Crippen LogP contribution in [0.2, 0.25) is 0 Å². The summed E-state index contributed by atoms with van der Waals surface area (Å²) in [6, 6.07) is 12.5.